The summed E-state index contributed by atoms with van der Waals surface area (Å²) in [6.45, 7) is 4.95. The van der Waals surface area contributed by atoms with Gasteiger partial charge in [-0.05, 0) is 6.42 Å². The fraction of sp³-hybridized carbons (Fsp3) is 1.00. The predicted octanol–water partition coefficient (Wildman–Crippen LogP) is 0.471. The maximum absolute atomic E-state index is 5.58. The van der Waals surface area contributed by atoms with Crippen molar-refractivity contribution in [2.75, 3.05) is 60.0 Å². The van der Waals surface area contributed by atoms with Crippen LogP contribution in [0.5, 0.6) is 0 Å². The lowest BCUT2D eigenvalue weighted by Gasteiger charge is -2.16. The molecular formula is C11H22O5. The average Bonchev–Trinajstić information content (AvgIpc) is 2.31. The topological polar surface area (TPSA) is 46.2 Å². The van der Waals surface area contributed by atoms with Gasteiger partial charge in [0.05, 0.1) is 39.6 Å². The molecule has 16 heavy (non-hydrogen) atoms. The van der Waals surface area contributed by atoms with E-state index in [9.17, 15) is 0 Å². The van der Waals surface area contributed by atoms with Crippen LogP contribution in [0.15, 0.2) is 0 Å². The van der Waals surface area contributed by atoms with E-state index < -0.39 is 0 Å². The van der Waals surface area contributed by atoms with Crippen molar-refractivity contribution in [3.05, 3.63) is 0 Å². The number of ether oxygens (including phenoxy) is 5. The number of methoxy groups -OCH3 is 1. The van der Waals surface area contributed by atoms with Gasteiger partial charge in [-0.25, -0.2) is 0 Å². The minimum absolute atomic E-state index is 0.00438. The van der Waals surface area contributed by atoms with Gasteiger partial charge in [-0.1, -0.05) is 0 Å². The molecule has 0 saturated carbocycles. The highest BCUT2D eigenvalue weighted by molar-refractivity contribution is 4.55. The SMILES string of the molecule is COCC1COCCCOCCOCCO1. The van der Waals surface area contributed by atoms with Crippen LogP contribution in [0.4, 0.5) is 0 Å². The van der Waals surface area contributed by atoms with E-state index >= 15 is 0 Å². The first kappa shape index (κ1) is 13.9. The Morgan fingerprint density at radius 3 is 2.44 bits per heavy atom. The fourth-order valence-electron chi connectivity index (χ4n) is 1.40. The van der Waals surface area contributed by atoms with Crippen molar-refractivity contribution in [3.8, 4) is 0 Å². The summed E-state index contributed by atoms with van der Waals surface area (Å²) in [6, 6.07) is 0. The third-order valence-electron chi connectivity index (χ3n) is 2.19. The second-order valence-corrected chi connectivity index (χ2v) is 3.60. The minimum atomic E-state index is -0.00438. The molecule has 0 N–H and O–H groups in total. The molecule has 0 aromatic rings. The number of hydrogen-bond donors (Lipinski definition) is 0. The zero-order valence-electron chi connectivity index (χ0n) is 9.98. The standard InChI is InChI=1S/C11H22O5/c1-12-9-11-10-15-4-2-3-13-5-6-14-7-8-16-11/h11H,2-10H2,1H3. The van der Waals surface area contributed by atoms with E-state index in [1.807, 2.05) is 0 Å². The third kappa shape index (κ3) is 7.14. The van der Waals surface area contributed by atoms with Gasteiger partial charge in [-0.3, -0.25) is 0 Å². The Kier molecular flexibility index (Phi) is 8.65. The van der Waals surface area contributed by atoms with Crippen molar-refractivity contribution >= 4 is 0 Å². The molecule has 1 atom stereocenters. The summed E-state index contributed by atoms with van der Waals surface area (Å²) >= 11 is 0. The van der Waals surface area contributed by atoms with Crippen molar-refractivity contribution in [2.45, 2.75) is 12.5 Å². The molecule has 1 heterocycles. The molecule has 0 radical (unpaired) electrons. The molecule has 1 fully saturated rings. The quantitative estimate of drug-likeness (QED) is 0.695. The van der Waals surface area contributed by atoms with Crippen molar-refractivity contribution in [1.82, 2.24) is 0 Å². The highest BCUT2D eigenvalue weighted by atomic mass is 16.6. The first-order chi connectivity index (χ1) is 7.93. The molecule has 1 saturated heterocycles. The Morgan fingerprint density at radius 2 is 1.62 bits per heavy atom. The molecule has 96 valence electrons. The van der Waals surface area contributed by atoms with Crippen LogP contribution in [0, 0.1) is 0 Å². The van der Waals surface area contributed by atoms with Crippen LogP contribution in [0.3, 0.4) is 0 Å². The molecule has 0 amide bonds. The molecule has 0 spiro atoms. The van der Waals surface area contributed by atoms with Gasteiger partial charge in [0.25, 0.3) is 0 Å². The van der Waals surface area contributed by atoms with E-state index in [2.05, 4.69) is 0 Å². The largest absolute Gasteiger partial charge is 0.382 e. The molecule has 5 nitrogen and oxygen atoms in total. The van der Waals surface area contributed by atoms with Gasteiger partial charge in [0, 0.05) is 20.3 Å². The summed E-state index contributed by atoms with van der Waals surface area (Å²) in [5.74, 6) is 0. The summed E-state index contributed by atoms with van der Waals surface area (Å²) in [5.41, 5.74) is 0. The molecule has 0 aromatic carbocycles. The van der Waals surface area contributed by atoms with Crippen LogP contribution in [0.2, 0.25) is 0 Å². The molecule has 0 bridgehead atoms. The highest BCUT2D eigenvalue weighted by Crippen LogP contribution is 1.97. The molecular weight excluding hydrogens is 212 g/mol. The van der Waals surface area contributed by atoms with Crippen molar-refractivity contribution < 1.29 is 23.7 Å². The van der Waals surface area contributed by atoms with Crippen LogP contribution >= 0.6 is 0 Å². The second kappa shape index (κ2) is 9.99. The summed E-state index contributed by atoms with van der Waals surface area (Å²) in [4.78, 5) is 0. The highest BCUT2D eigenvalue weighted by Gasteiger charge is 2.09. The van der Waals surface area contributed by atoms with Gasteiger partial charge in [-0.2, -0.15) is 0 Å². The summed E-state index contributed by atoms with van der Waals surface area (Å²) < 4.78 is 26.8. The first-order valence-electron chi connectivity index (χ1n) is 5.77. The first-order valence-corrected chi connectivity index (χ1v) is 5.77. The van der Waals surface area contributed by atoms with Gasteiger partial charge in [0.15, 0.2) is 0 Å². The van der Waals surface area contributed by atoms with Gasteiger partial charge >= 0.3 is 0 Å². The Hall–Kier alpha value is -0.200. The van der Waals surface area contributed by atoms with E-state index in [4.69, 9.17) is 23.7 Å². The Bertz CT molecular complexity index is 139. The van der Waals surface area contributed by atoms with E-state index in [1.54, 1.807) is 7.11 Å². The molecule has 5 heteroatoms. The lowest BCUT2D eigenvalue weighted by Crippen LogP contribution is -2.27. The van der Waals surface area contributed by atoms with Crippen molar-refractivity contribution in [3.63, 3.8) is 0 Å². The van der Waals surface area contributed by atoms with E-state index in [-0.39, 0.29) is 6.10 Å². The predicted molar refractivity (Wildman–Crippen MR) is 58.7 cm³/mol. The van der Waals surface area contributed by atoms with Crippen LogP contribution in [0.25, 0.3) is 0 Å². The maximum atomic E-state index is 5.58. The molecule has 0 aromatic heterocycles. The second-order valence-electron chi connectivity index (χ2n) is 3.60. The average molecular weight is 234 g/mol. The van der Waals surface area contributed by atoms with Crippen LogP contribution in [-0.2, 0) is 23.7 Å². The van der Waals surface area contributed by atoms with Crippen LogP contribution < -0.4 is 0 Å². The molecule has 0 aliphatic carbocycles. The lowest BCUT2D eigenvalue weighted by molar-refractivity contribution is -0.0649. The van der Waals surface area contributed by atoms with Gasteiger partial charge in [0.1, 0.15) is 6.10 Å². The minimum Gasteiger partial charge on any atom is -0.382 e. The Labute approximate surface area is 97.0 Å². The van der Waals surface area contributed by atoms with Crippen LogP contribution in [-0.4, -0.2) is 66.1 Å². The zero-order chi connectivity index (χ0) is 11.5. The van der Waals surface area contributed by atoms with Crippen molar-refractivity contribution in [2.24, 2.45) is 0 Å². The summed E-state index contributed by atoms with van der Waals surface area (Å²) in [6.07, 6.45) is 0.898. The third-order valence-corrected chi connectivity index (χ3v) is 2.19. The van der Waals surface area contributed by atoms with Crippen LogP contribution in [0.1, 0.15) is 6.42 Å². The smallest absolute Gasteiger partial charge is 0.104 e. The van der Waals surface area contributed by atoms with Gasteiger partial charge in [-0.15, -0.1) is 0 Å². The van der Waals surface area contributed by atoms with E-state index in [1.165, 1.54) is 0 Å². The molecule has 1 aliphatic heterocycles. The van der Waals surface area contributed by atoms with Crippen molar-refractivity contribution in [1.29, 1.82) is 0 Å². The maximum Gasteiger partial charge on any atom is 0.104 e. The molecule has 1 aliphatic rings. The summed E-state index contributed by atoms with van der Waals surface area (Å²) in [7, 11) is 1.66. The Morgan fingerprint density at radius 1 is 0.938 bits per heavy atom. The van der Waals surface area contributed by atoms with E-state index in [0.29, 0.717) is 46.2 Å². The fourth-order valence-corrected chi connectivity index (χ4v) is 1.40. The number of rotatable bonds is 2. The normalized spacial score (nSPS) is 26.4. The monoisotopic (exact) mass is 234 g/mol. The summed E-state index contributed by atoms with van der Waals surface area (Å²) in [5, 5.41) is 0. The van der Waals surface area contributed by atoms with Gasteiger partial charge < -0.3 is 23.7 Å². The van der Waals surface area contributed by atoms with E-state index in [0.717, 1.165) is 13.0 Å². The zero-order valence-corrected chi connectivity index (χ0v) is 9.98. The molecule has 1 rings (SSSR count). The lowest BCUT2D eigenvalue weighted by atomic mass is 10.4. The Balaban J connectivity index is 2.20. The molecule has 1 unspecified atom stereocenters. The van der Waals surface area contributed by atoms with Gasteiger partial charge in [0.2, 0.25) is 0 Å². The number of hydrogen-bond acceptors (Lipinski definition) is 5.